The van der Waals surface area contributed by atoms with Gasteiger partial charge in [-0.3, -0.25) is 0 Å². The molecule has 0 aliphatic heterocycles. The predicted molar refractivity (Wildman–Crippen MR) is 57.3 cm³/mol. The molecule has 13 heavy (non-hydrogen) atoms. The molecule has 0 bridgehead atoms. The number of pyridine rings is 1. The van der Waals surface area contributed by atoms with E-state index in [0.717, 1.165) is 11.1 Å². The van der Waals surface area contributed by atoms with Crippen LogP contribution in [0.15, 0.2) is 23.2 Å². The first kappa shape index (κ1) is 8.88. The average molecular weight is 194 g/mol. The minimum Gasteiger partial charge on any atom is -0.372 e. The van der Waals surface area contributed by atoms with Gasteiger partial charge < -0.3 is 5.32 Å². The molecule has 0 radical (unpaired) electrons. The first-order valence-corrected chi connectivity index (χ1v) is 5.57. The van der Waals surface area contributed by atoms with Gasteiger partial charge in [-0.05, 0) is 25.0 Å². The van der Waals surface area contributed by atoms with Gasteiger partial charge in [-0.15, -0.1) is 11.8 Å². The van der Waals surface area contributed by atoms with Crippen LogP contribution in [0.2, 0.25) is 0 Å². The van der Waals surface area contributed by atoms with Crippen LogP contribution in [0.3, 0.4) is 0 Å². The molecule has 1 N–H and O–H groups in total. The van der Waals surface area contributed by atoms with E-state index in [-0.39, 0.29) is 0 Å². The number of hydrogen-bond acceptors (Lipinski definition) is 3. The summed E-state index contributed by atoms with van der Waals surface area (Å²) in [6.45, 7) is 0. The summed E-state index contributed by atoms with van der Waals surface area (Å²) in [6.07, 6.45) is 5.95. The molecule has 1 saturated carbocycles. The molecule has 0 amide bonds. The standard InChI is InChI=1S/C10H14N2S/c1-11-10-9(6-3-7-12-10)13-8-4-2-5-8/h3,6-8H,2,4-5H2,1H3,(H,11,12). The molecule has 0 saturated heterocycles. The highest BCUT2D eigenvalue weighted by Gasteiger charge is 2.19. The van der Waals surface area contributed by atoms with Crippen LogP contribution >= 0.6 is 11.8 Å². The fourth-order valence-electron chi connectivity index (χ4n) is 1.34. The van der Waals surface area contributed by atoms with Gasteiger partial charge in [0.2, 0.25) is 0 Å². The van der Waals surface area contributed by atoms with Crippen LogP contribution in [0.1, 0.15) is 19.3 Å². The second-order valence-electron chi connectivity index (χ2n) is 3.27. The van der Waals surface area contributed by atoms with Gasteiger partial charge in [0.15, 0.2) is 0 Å². The van der Waals surface area contributed by atoms with Crippen molar-refractivity contribution in [3.8, 4) is 0 Å². The van der Waals surface area contributed by atoms with Crippen molar-refractivity contribution < 1.29 is 0 Å². The highest BCUT2D eigenvalue weighted by atomic mass is 32.2. The maximum atomic E-state index is 4.28. The lowest BCUT2D eigenvalue weighted by atomic mass is 10.0. The number of thioether (sulfide) groups is 1. The number of anilines is 1. The normalized spacial score (nSPS) is 16.7. The largest absolute Gasteiger partial charge is 0.372 e. The second-order valence-corrected chi connectivity index (χ2v) is 4.61. The van der Waals surface area contributed by atoms with Crippen LogP contribution in [-0.4, -0.2) is 17.3 Å². The first-order chi connectivity index (χ1) is 6.40. The van der Waals surface area contributed by atoms with Crippen molar-refractivity contribution in [3.05, 3.63) is 18.3 Å². The smallest absolute Gasteiger partial charge is 0.139 e. The molecule has 1 aliphatic rings. The Morgan fingerprint density at radius 2 is 2.38 bits per heavy atom. The molecule has 0 unspecified atom stereocenters. The summed E-state index contributed by atoms with van der Waals surface area (Å²) in [5.41, 5.74) is 0. The van der Waals surface area contributed by atoms with Crippen molar-refractivity contribution >= 4 is 17.6 Å². The van der Waals surface area contributed by atoms with E-state index in [1.807, 2.05) is 31.1 Å². The molecule has 1 aromatic rings. The molecule has 1 aliphatic carbocycles. The number of hydrogen-bond donors (Lipinski definition) is 1. The van der Waals surface area contributed by atoms with Crippen LogP contribution in [0.5, 0.6) is 0 Å². The van der Waals surface area contributed by atoms with Crippen molar-refractivity contribution in [2.24, 2.45) is 0 Å². The molecular formula is C10H14N2S. The number of nitrogens with zero attached hydrogens (tertiary/aromatic N) is 1. The van der Waals surface area contributed by atoms with Crippen molar-refractivity contribution in [2.45, 2.75) is 29.4 Å². The number of rotatable bonds is 3. The zero-order valence-corrected chi connectivity index (χ0v) is 8.60. The third kappa shape index (κ3) is 1.97. The monoisotopic (exact) mass is 194 g/mol. The zero-order valence-electron chi connectivity index (χ0n) is 7.79. The molecule has 1 aromatic heterocycles. The van der Waals surface area contributed by atoms with Crippen LogP contribution in [0.4, 0.5) is 5.82 Å². The van der Waals surface area contributed by atoms with E-state index >= 15 is 0 Å². The Bertz CT molecular complexity index is 284. The molecule has 3 heteroatoms. The molecule has 70 valence electrons. The molecule has 0 aromatic carbocycles. The van der Waals surface area contributed by atoms with Gasteiger partial charge >= 0.3 is 0 Å². The maximum absolute atomic E-state index is 4.28. The van der Waals surface area contributed by atoms with Crippen LogP contribution in [0.25, 0.3) is 0 Å². The molecule has 2 rings (SSSR count). The molecular weight excluding hydrogens is 180 g/mol. The SMILES string of the molecule is CNc1ncccc1SC1CCC1. The Morgan fingerprint density at radius 1 is 1.54 bits per heavy atom. The van der Waals surface area contributed by atoms with Gasteiger partial charge in [-0.2, -0.15) is 0 Å². The minimum absolute atomic E-state index is 0.830. The van der Waals surface area contributed by atoms with E-state index < -0.39 is 0 Å². The van der Waals surface area contributed by atoms with E-state index in [2.05, 4.69) is 16.4 Å². The summed E-state index contributed by atoms with van der Waals surface area (Å²) < 4.78 is 0. The van der Waals surface area contributed by atoms with E-state index in [4.69, 9.17) is 0 Å². The first-order valence-electron chi connectivity index (χ1n) is 4.69. The molecule has 0 atom stereocenters. The quantitative estimate of drug-likeness (QED) is 0.801. The second kappa shape index (κ2) is 4.01. The van der Waals surface area contributed by atoms with Crippen molar-refractivity contribution in [3.63, 3.8) is 0 Å². The summed E-state index contributed by atoms with van der Waals surface area (Å²) >= 11 is 1.96. The highest BCUT2D eigenvalue weighted by molar-refractivity contribution is 8.00. The Kier molecular flexibility index (Phi) is 2.74. The van der Waals surface area contributed by atoms with Gasteiger partial charge in [0, 0.05) is 23.4 Å². The topological polar surface area (TPSA) is 24.9 Å². The van der Waals surface area contributed by atoms with Gasteiger partial charge in [0.25, 0.3) is 0 Å². The maximum Gasteiger partial charge on any atom is 0.139 e. The predicted octanol–water partition coefficient (Wildman–Crippen LogP) is 2.77. The Labute approximate surface area is 83.1 Å². The third-order valence-electron chi connectivity index (χ3n) is 2.35. The molecule has 0 spiro atoms. The molecule has 1 fully saturated rings. The van der Waals surface area contributed by atoms with Gasteiger partial charge in [0.05, 0.1) is 0 Å². The Balaban J connectivity index is 2.08. The Morgan fingerprint density at radius 3 is 3.00 bits per heavy atom. The average Bonchev–Trinajstić information content (AvgIpc) is 2.12. The van der Waals surface area contributed by atoms with Crippen molar-refractivity contribution in [2.75, 3.05) is 12.4 Å². The van der Waals surface area contributed by atoms with Crippen LogP contribution < -0.4 is 5.32 Å². The fraction of sp³-hybridized carbons (Fsp3) is 0.500. The van der Waals surface area contributed by atoms with E-state index in [1.165, 1.54) is 24.2 Å². The van der Waals surface area contributed by atoms with Crippen LogP contribution in [-0.2, 0) is 0 Å². The van der Waals surface area contributed by atoms with Crippen molar-refractivity contribution in [1.29, 1.82) is 0 Å². The van der Waals surface area contributed by atoms with Crippen LogP contribution in [0, 0.1) is 0 Å². The van der Waals surface area contributed by atoms with Gasteiger partial charge in [0.1, 0.15) is 5.82 Å². The van der Waals surface area contributed by atoms with E-state index in [0.29, 0.717) is 0 Å². The lowest BCUT2D eigenvalue weighted by molar-refractivity contribution is 0.522. The van der Waals surface area contributed by atoms with E-state index in [1.54, 1.807) is 0 Å². The zero-order chi connectivity index (χ0) is 9.10. The number of aromatic nitrogens is 1. The number of nitrogens with one attached hydrogen (secondary N) is 1. The third-order valence-corrected chi connectivity index (χ3v) is 3.74. The summed E-state index contributed by atoms with van der Waals surface area (Å²) in [6, 6.07) is 4.14. The lowest BCUT2D eigenvalue weighted by Gasteiger charge is -2.25. The highest BCUT2D eigenvalue weighted by Crippen LogP contribution is 2.38. The van der Waals surface area contributed by atoms with Gasteiger partial charge in [-0.1, -0.05) is 6.42 Å². The lowest BCUT2D eigenvalue weighted by Crippen LogP contribution is -2.13. The Hall–Kier alpha value is -0.700. The van der Waals surface area contributed by atoms with Crippen molar-refractivity contribution in [1.82, 2.24) is 4.98 Å². The summed E-state index contributed by atoms with van der Waals surface area (Å²) in [5.74, 6) is 1.01. The summed E-state index contributed by atoms with van der Waals surface area (Å²) in [4.78, 5) is 5.56. The molecule has 2 nitrogen and oxygen atoms in total. The minimum atomic E-state index is 0.830. The fourth-order valence-corrected chi connectivity index (χ4v) is 2.69. The van der Waals surface area contributed by atoms with E-state index in [9.17, 15) is 0 Å². The summed E-state index contributed by atoms with van der Waals surface area (Å²) in [7, 11) is 1.92. The molecule has 1 heterocycles. The summed E-state index contributed by atoms with van der Waals surface area (Å²) in [5, 5.41) is 3.95. The van der Waals surface area contributed by atoms with Gasteiger partial charge in [-0.25, -0.2) is 4.98 Å².